The Balaban J connectivity index is 2.14. The van der Waals surface area contributed by atoms with E-state index in [1.165, 1.54) is 17.0 Å². The van der Waals surface area contributed by atoms with Gasteiger partial charge in [0.15, 0.2) is 0 Å². The Morgan fingerprint density at radius 2 is 1.91 bits per heavy atom. The molecule has 1 heterocycles. The highest BCUT2D eigenvalue weighted by Crippen LogP contribution is 2.17. The molecule has 1 aliphatic heterocycles. The van der Waals surface area contributed by atoms with Crippen molar-refractivity contribution in [2.45, 2.75) is 19.4 Å². The number of nitrogens with zero attached hydrogens (tertiary/aromatic N) is 1. The molecular weight excluding hydrogens is 308 g/mol. The first kappa shape index (κ1) is 16.4. The molecule has 7 nitrogen and oxygen atoms in total. The first-order valence-corrected chi connectivity index (χ1v) is 8.66. The topological polar surface area (TPSA) is 104 Å². The van der Waals surface area contributed by atoms with Gasteiger partial charge in [-0.1, -0.05) is 0 Å². The first-order valence-electron chi connectivity index (χ1n) is 6.77. The normalized spacial score (nSPS) is 18.5. The summed E-state index contributed by atoms with van der Waals surface area (Å²) in [6.45, 7) is 2.44. The van der Waals surface area contributed by atoms with E-state index in [2.05, 4.69) is 4.72 Å². The Kier molecular flexibility index (Phi) is 4.52. The van der Waals surface area contributed by atoms with Crippen LogP contribution in [0.5, 0.6) is 0 Å². The van der Waals surface area contributed by atoms with Gasteiger partial charge in [-0.2, -0.15) is 0 Å². The third-order valence-electron chi connectivity index (χ3n) is 3.43. The molecule has 22 heavy (non-hydrogen) atoms. The standard InChI is InChI=1S/C14H18N2O5S/c1-9-5-10(7-11(6-9)14(18)19)13(17)16-4-3-12(8-16)15-22(2,20)21/h5-7,12,15H,3-4,8H2,1-2H3,(H,18,19)/t12-/m0/s1. The molecule has 0 aliphatic carbocycles. The lowest BCUT2D eigenvalue weighted by molar-refractivity contribution is 0.0696. The molecule has 120 valence electrons. The van der Waals surface area contributed by atoms with Crippen LogP contribution >= 0.6 is 0 Å². The summed E-state index contributed by atoms with van der Waals surface area (Å²) in [5.41, 5.74) is 1.05. The summed E-state index contributed by atoms with van der Waals surface area (Å²) in [6.07, 6.45) is 1.62. The predicted octanol–water partition coefficient (Wildman–Crippen LogP) is 0.457. The van der Waals surface area contributed by atoms with Gasteiger partial charge in [0.05, 0.1) is 11.8 Å². The Bertz CT molecular complexity index is 714. The molecule has 1 aliphatic rings. The number of carboxylic acid groups (broad SMARTS) is 1. The van der Waals surface area contributed by atoms with Gasteiger partial charge in [-0.25, -0.2) is 17.9 Å². The quantitative estimate of drug-likeness (QED) is 0.836. The molecule has 1 aromatic rings. The smallest absolute Gasteiger partial charge is 0.335 e. The molecule has 1 saturated heterocycles. The molecule has 1 fully saturated rings. The lowest BCUT2D eigenvalue weighted by atomic mass is 10.1. The van der Waals surface area contributed by atoms with E-state index < -0.39 is 16.0 Å². The lowest BCUT2D eigenvalue weighted by Crippen LogP contribution is -2.37. The van der Waals surface area contributed by atoms with Gasteiger partial charge in [0.2, 0.25) is 10.0 Å². The Hall–Kier alpha value is -1.93. The van der Waals surface area contributed by atoms with Crippen molar-refractivity contribution in [2.24, 2.45) is 0 Å². The van der Waals surface area contributed by atoms with Crippen LogP contribution in [0.4, 0.5) is 0 Å². The second kappa shape index (κ2) is 6.05. The van der Waals surface area contributed by atoms with Gasteiger partial charge in [-0.05, 0) is 37.1 Å². The van der Waals surface area contributed by atoms with Crippen molar-refractivity contribution in [3.05, 3.63) is 34.9 Å². The molecule has 0 radical (unpaired) electrons. The second-order valence-electron chi connectivity index (χ2n) is 5.52. The summed E-state index contributed by atoms with van der Waals surface area (Å²) in [4.78, 5) is 25.0. The number of carboxylic acids is 1. The Labute approximate surface area is 129 Å². The van der Waals surface area contributed by atoms with Crippen LogP contribution in [0.1, 0.15) is 32.7 Å². The van der Waals surface area contributed by atoms with Gasteiger partial charge in [-0.3, -0.25) is 4.79 Å². The van der Waals surface area contributed by atoms with E-state index in [4.69, 9.17) is 5.11 Å². The summed E-state index contributed by atoms with van der Waals surface area (Å²) in [5.74, 6) is -1.38. The fourth-order valence-corrected chi connectivity index (χ4v) is 3.35. The number of hydrogen-bond acceptors (Lipinski definition) is 4. The fraction of sp³-hybridized carbons (Fsp3) is 0.429. The SMILES string of the molecule is Cc1cc(C(=O)O)cc(C(=O)N2CC[C@H](NS(C)(=O)=O)C2)c1. The Morgan fingerprint density at radius 1 is 1.27 bits per heavy atom. The predicted molar refractivity (Wildman–Crippen MR) is 80.4 cm³/mol. The number of carbonyl (C=O) groups is 2. The molecule has 0 spiro atoms. The lowest BCUT2D eigenvalue weighted by Gasteiger charge is -2.17. The van der Waals surface area contributed by atoms with E-state index in [0.717, 1.165) is 6.26 Å². The molecule has 1 amide bonds. The summed E-state index contributed by atoms with van der Waals surface area (Å²) in [7, 11) is -3.31. The third kappa shape index (κ3) is 4.05. The molecule has 2 rings (SSSR count). The molecule has 0 bridgehead atoms. The average Bonchev–Trinajstić information content (AvgIpc) is 2.83. The minimum atomic E-state index is -3.31. The van der Waals surface area contributed by atoms with Gasteiger partial charge in [0.25, 0.3) is 5.91 Å². The van der Waals surface area contributed by atoms with Gasteiger partial charge < -0.3 is 10.0 Å². The number of aryl methyl sites for hydroxylation is 1. The Morgan fingerprint density at radius 3 is 2.50 bits per heavy atom. The summed E-state index contributed by atoms with van der Waals surface area (Å²) in [6, 6.07) is 4.17. The molecule has 1 atom stereocenters. The number of benzene rings is 1. The number of nitrogens with one attached hydrogen (secondary N) is 1. The largest absolute Gasteiger partial charge is 0.478 e. The van der Waals surface area contributed by atoms with Crippen molar-refractivity contribution in [1.29, 1.82) is 0 Å². The minimum absolute atomic E-state index is 0.0633. The van der Waals surface area contributed by atoms with Crippen LogP contribution in [0, 0.1) is 6.92 Å². The number of likely N-dealkylation sites (tertiary alicyclic amines) is 1. The van der Waals surface area contributed by atoms with Crippen LogP contribution in [0.3, 0.4) is 0 Å². The van der Waals surface area contributed by atoms with E-state index in [-0.39, 0.29) is 24.1 Å². The molecule has 8 heteroatoms. The van der Waals surface area contributed by atoms with Crippen LogP contribution in [0.25, 0.3) is 0 Å². The first-order chi connectivity index (χ1) is 10.2. The monoisotopic (exact) mass is 326 g/mol. The molecule has 1 aromatic carbocycles. The highest BCUT2D eigenvalue weighted by Gasteiger charge is 2.29. The number of carbonyl (C=O) groups excluding carboxylic acids is 1. The molecule has 0 saturated carbocycles. The summed E-state index contributed by atoms with van der Waals surface area (Å²) in [5, 5.41) is 9.05. The van der Waals surface area contributed by atoms with Crippen molar-refractivity contribution in [1.82, 2.24) is 9.62 Å². The maximum Gasteiger partial charge on any atom is 0.335 e. The fourth-order valence-electron chi connectivity index (χ4n) is 2.56. The second-order valence-corrected chi connectivity index (χ2v) is 7.30. The van der Waals surface area contributed by atoms with Crippen LogP contribution in [-0.2, 0) is 10.0 Å². The third-order valence-corrected chi connectivity index (χ3v) is 4.19. The number of aromatic carboxylic acids is 1. The van der Waals surface area contributed by atoms with Crippen molar-refractivity contribution < 1.29 is 23.1 Å². The van der Waals surface area contributed by atoms with Gasteiger partial charge in [-0.15, -0.1) is 0 Å². The number of amides is 1. The van der Waals surface area contributed by atoms with Crippen LogP contribution in [-0.4, -0.2) is 55.7 Å². The number of hydrogen-bond donors (Lipinski definition) is 2. The molecule has 0 aromatic heterocycles. The van der Waals surface area contributed by atoms with E-state index in [0.29, 0.717) is 24.1 Å². The van der Waals surface area contributed by atoms with Crippen LogP contribution in [0.2, 0.25) is 0 Å². The average molecular weight is 326 g/mol. The maximum atomic E-state index is 12.4. The van der Waals surface area contributed by atoms with E-state index >= 15 is 0 Å². The van der Waals surface area contributed by atoms with E-state index in [9.17, 15) is 18.0 Å². The summed E-state index contributed by atoms with van der Waals surface area (Å²) >= 11 is 0. The molecular formula is C14H18N2O5S. The molecule has 0 unspecified atom stereocenters. The van der Waals surface area contributed by atoms with Gasteiger partial charge >= 0.3 is 5.97 Å². The van der Waals surface area contributed by atoms with Crippen LogP contribution in [0.15, 0.2) is 18.2 Å². The highest BCUT2D eigenvalue weighted by molar-refractivity contribution is 7.88. The number of rotatable bonds is 4. The molecule has 2 N–H and O–H groups in total. The van der Waals surface area contributed by atoms with Crippen molar-refractivity contribution in [2.75, 3.05) is 19.3 Å². The van der Waals surface area contributed by atoms with Crippen molar-refractivity contribution >= 4 is 21.9 Å². The zero-order chi connectivity index (χ0) is 16.5. The zero-order valence-electron chi connectivity index (χ0n) is 12.4. The maximum absolute atomic E-state index is 12.4. The van der Waals surface area contributed by atoms with Crippen LogP contribution < -0.4 is 4.72 Å². The van der Waals surface area contributed by atoms with Gasteiger partial charge in [0, 0.05) is 24.7 Å². The van der Waals surface area contributed by atoms with E-state index in [1.54, 1.807) is 13.0 Å². The van der Waals surface area contributed by atoms with E-state index in [1.807, 2.05) is 0 Å². The summed E-state index contributed by atoms with van der Waals surface area (Å²) < 4.78 is 24.9. The minimum Gasteiger partial charge on any atom is -0.478 e. The van der Waals surface area contributed by atoms with Crippen molar-refractivity contribution in [3.8, 4) is 0 Å². The zero-order valence-corrected chi connectivity index (χ0v) is 13.2. The number of sulfonamides is 1. The van der Waals surface area contributed by atoms with Gasteiger partial charge in [0.1, 0.15) is 0 Å². The van der Waals surface area contributed by atoms with Crippen molar-refractivity contribution in [3.63, 3.8) is 0 Å². The highest BCUT2D eigenvalue weighted by atomic mass is 32.2.